The molecule has 1 unspecified atom stereocenters. The molecule has 0 radical (unpaired) electrons. The zero-order valence-electron chi connectivity index (χ0n) is 25.3. The first-order valence-electron chi connectivity index (χ1n) is 15.9. The van der Waals surface area contributed by atoms with Gasteiger partial charge in [0.1, 0.15) is 5.65 Å². The van der Waals surface area contributed by atoms with Crippen molar-refractivity contribution in [2.24, 2.45) is 0 Å². The van der Waals surface area contributed by atoms with Crippen LogP contribution in [-0.4, -0.2) is 9.38 Å². The first-order valence-corrected chi connectivity index (χ1v) is 17.6. The van der Waals surface area contributed by atoms with E-state index in [0.29, 0.717) is 0 Å². The summed E-state index contributed by atoms with van der Waals surface area (Å²) in [6.07, 6.45) is 0. The number of rotatable bonds is 3. The largest absolute Gasteiger partial charge is 0.309 e. The van der Waals surface area contributed by atoms with Crippen LogP contribution in [-0.2, 0) is 4.57 Å². The molecule has 3 nitrogen and oxygen atoms in total. The van der Waals surface area contributed by atoms with E-state index in [1.54, 1.807) is 0 Å². The number of pyridine rings is 1. The van der Waals surface area contributed by atoms with Gasteiger partial charge in [0, 0.05) is 26.7 Å². The van der Waals surface area contributed by atoms with Gasteiger partial charge in [-0.25, -0.2) is 4.98 Å². The van der Waals surface area contributed by atoms with E-state index >= 15 is 4.57 Å². The highest BCUT2D eigenvalue weighted by molar-refractivity contribution is 7.85. The smallest absolute Gasteiger partial charge is 0.171 e. The Kier molecular flexibility index (Phi) is 5.55. The van der Waals surface area contributed by atoms with Crippen molar-refractivity contribution in [3.05, 3.63) is 164 Å². The molecule has 0 aliphatic heterocycles. The zero-order valence-corrected chi connectivity index (χ0v) is 26.2. The fraction of sp³-hybridized carbons (Fsp3) is 0. The van der Waals surface area contributed by atoms with E-state index in [2.05, 4.69) is 120 Å². The van der Waals surface area contributed by atoms with E-state index in [1.165, 1.54) is 32.3 Å². The van der Waals surface area contributed by atoms with Crippen LogP contribution in [0.3, 0.4) is 0 Å². The minimum atomic E-state index is -3.25. The summed E-state index contributed by atoms with van der Waals surface area (Å²) in [5, 5.41) is 12.9. The number of fused-ring (bicyclic) bond motifs is 12. The quantitative estimate of drug-likeness (QED) is 0.112. The van der Waals surface area contributed by atoms with Crippen LogP contribution in [0.25, 0.3) is 70.7 Å². The molecule has 10 aromatic rings. The van der Waals surface area contributed by atoms with Gasteiger partial charge in [-0.1, -0.05) is 127 Å². The molecule has 2 aromatic heterocycles. The first-order chi connectivity index (χ1) is 23.2. The van der Waals surface area contributed by atoms with Crippen molar-refractivity contribution >= 4 is 93.7 Å². The Bertz CT molecular complexity index is 2940. The molecule has 0 saturated carbocycles. The normalized spacial score (nSPS) is 13.4. The van der Waals surface area contributed by atoms with Crippen LogP contribution in [0.1, 0.15) is 0 Å². The highest BCUT2D eigenvalue weighted by Gasteiger charge is 2.31. The molecule has 0 aliphatic rings. The van der Waals surface area contributed by atoms with Crippen molar-refractivity contribution in [3.63, 3.8) is 0 Å². The van der Waals surface area contributed by atoms with Crippen LogP contribution < -0.4 is 15.9 Å². The molecule has 10 rings (SSSR count). The summed E-state index contributed by atoms with van der Waals surface area (Å²) in [6, 6.07) is 56.7. The van der Waals surface area contributed by atoms with Crippen LogP contribution in [0.5, 0.6) is 0 Å². The predicted molar refractivity (Wildman–Crippen MR) is 200 cm³/mol. The van der Waals surface area contributed by atoms with Gasteiger partial charge >= 0.3 is 0 Å². The highest BCUT2D eigenvalue weighted by Crippen LogP contribution is 2.44. The molecule has 47 heavy (non-hydrogen) atoms. The Morgan fingerprint density at radius 2 is 1.04 bits per heavy atom. The Balaban J connectivity index is 1.33. The highest BCUT2D eigenvalue weighted by atomic mass is 31.2. The van der Waals surface area contributed by atoms with Crippen molar-refractivity contribution in [3.8, 4) is 0 Å². The minimum absolute atomic E-state index is 0.777. The Morgan fingerprint density at radius 3 is 1.85 bits per heavy atom. The van der Waals surface area contributed by atoms with Crippen molar-refractivity contribution < 1.29 is 4.57 Å². The molecule has 0 fully saturated rings. The second-order valence-corrected chi connectivity index (χ2v) is 15.1. The molecule has 0 N–H and O–H groups in total. The van der Waals surface area contributed by atoms with Gasteiger partial charge in [0.15, 0.2) is 7.14 Å². The maximum absolute atomic E-state index is 15.6. The monoisotopic (exact) mass is 618 g/mol. The standard InChI is InChI=1S/C43H27N2OP/c46-47(33-15-2-1-3-16-33,34-20-18-28-10-4-5-12-30(28)24-34)35-21-23-40-39(27-35)44-43-42-36-17-9-8-11-29(36)19-22-37(42)38-25-31-13-6-7-14-32(31)26-41(38)45(40)43/h1-27H. The third-order valence-corrected chi connectivity index (χ3v) is 12.8. The molecule has 220 valence electrons. The van der Waals surface area contributed by atoms with Crippen LogP contribution in [0, 0.1) is 0 Å². The number of benzene rings is 8. The van der Waals surface area contributed by atoms with Crippen LogP contribution in [0.15, 0.2) is 164 Å². The lowest BCUT2D eigenvalue weighted by Crippen LogP contribution is -2.25. The van der Waals surface area contributed by atoms with E-state index in [0.717, 1.165) is 54.3 Å². The van der Waals surface area contributed by atoms with E-state index < -0.39 is 7.14 Å². The van der Waals surface area contributed by atoms with Crippen LogP contribution >= 0.6 is 7.14 Å². The Labute approximate surface area is 270 Å². The maximum atomic E-state index is 15.6. The van der Waals surface area contributed by atoms with Gasteiger partial charge in [-0.3, -0.25) is 4.40 Å². The summed E-state index contributed by atoms with van der Waals surface area (Å²) >= 11 is 0. The summed E-state index contributed by atoms with van der Waals surface area (Å²) in [5.74, 6) is 0. The molecule has 0 saturated heterocycles. The van der Waals surface area contributed by atoms with Gasteiger partial charge in [-0.2, -0.15) is 0 Å². The van der Waals surface area contributed by atoms with Crippen molar-refractivity contribution in [2.45, 2.75) is 0 Å². The van der Waals surface area contributed by atoms with Crippen molar-refractivity contribution in [1.82, 2.24) is 9.38 Å². The number of hydrogen-bond donors (Lipinski definition) is 0. The SMILES string of the molecule is O=P(c1ccccc1)(c1ccc2ccccc2c1)c1ccc2c(c1)nc1c3c4ccccc4ccc3c3cc4ccccc4cc3n21. The predicted octanol–water partition coefficient (Wildman–Crippen LogP) is 9.89. The Morgan fingerprint density at radius 1 is 0.426 bits per heavy atom. The summed E-state index contributed by atoms with van der Waals surface area (Å²) in [7, 11) is -3.25. The van der Waals surface area contributed by atoms with Crippen molar-refractivity contribution in [2.75, 3.05) is 0 Å². The van der Waals surface area contributed by atoms with Gasteiger partial charge in [0.2, 0.25) is 0 Å². The molecule has 0 bridgehead atoms. The summed E-state index contributed by atoms with van der Waals surface area (Å²) in [5.41, 5.74) is 3.84. The van der Waals surface area contributed by atoms with Gasteiger partial charge in [0.25, 0.3) is 0 Å². The molecule has 0 spiro atoms. The zero-order chi connectivity index (χ0) is 31.1. The molecule has 8 aromatic carbocycles. The fourth-order valence-electron chi connectivity index (χ4n) is 7.50. The van der Waals surface area contributed by atoms with E-state index in [1.807, 2.05) is 48.5 Å². The lowest BCUT2D eigenvalue weighted by atomic mass is 9.98. The van der Waals surface area contributed by atoms with Crippen LogP contribution in [0.2, 0.25) is 0 Å². The molecular formula is C43H27N2OP. The van der Waals surface area contributed by atoms with Crippen molar-refractivity contribution in [1.29, 1.82) is 0 Å². The van der Waals surface area contributed by atoms with Crippen LogP contribution in [0.4, 0.5) is 0 Å². The Hall–Kier alpha value is -5.76. The molecule has 2 heterocycles. The maximum Gasteiger partial charge on any atom is 0.171 e. The number of hydrogen-bond acceptors (Lipinski definition) is 2. The van der Waals surface area contributed by atoms with Gasteiger partial charge in [-0.05, 0) is 74.1 Å². The third kappa shape index (κ3) is 3.81. The van der Waals surface area contributed by atoms with E-state index in [-0.39, 0.29) is 0 Å². The molecule has 0 amide bonds. The summed E-state index contributed by atoms with van der Waals surface area (Å²) in [6.45, 7) is 0. The average Bonchev–Trinajstić information content (AvgIpc) is 3.53. The topological polar surface area (TPSA) is 34.4 Å². The fourth-order valence-corrected chi connectivity index (χ4v) is 10.2. The third-order valence-electron chi connectivity index (χ3n) is 9.77. The van der Waals surface area contributed by atoms with Gasteiger partial charge in [-0.15, -0.1) is 0 Å². The lowest BCUT2D eigenvalue weighted by molar-refractivity contribution is 0.592. The van der Waals surface area contributed by atoms with Gasteiger partial charge in [0.05, 0.1) is 16.6 Å². The minimum Gasteiger partial charge on any atom is -0.309 e. The number of nitrogens with zero attached hydrogens (tertiary/aromatic N) is 2. The van der Waals surface area contributed by atoms with E-state index in [4.69, 9.17) is 4.98 Å². The second-order valence-electron chi connectivity index (χ2n) is 12.3. The van der Waals surface area contributed by atoms with Gasteiger partial charge < -0.3 is 4.57 Å². The number of aromatic nitrogens is 2. The average molecular weight is 619 g/mol. The molecule has 0 aliphatic carbocycles. The summed E-state index contributed by atoms with van der Waals surface area (Å²) < 4.78 is 17.9. The number of imidazole rings is 1. The molecule has 1 atom stereocenters. The van der Waals surface area contributed by atoms with E-state index in [9.17, 15) is 0 Å². The molecular weight excluding hydrogens is 591 g/mol. The summed E-state index contributed by atoms with van der Waals surface area (Å²) in [4.78, 5) is 5.38. The second kappa shape index (κ2) is 9.87. The molecule has 4 heteroatoms. The first kappa shape index (κ1) is 26.5. The lowest BCUT2D eigenvalue weighted by Gasteiger charge is -2.20.